The first-order valence-corrected chi connectivity index (χ1v) is 10.9. The van der Waals surface area contributed by atoms with Gasteiger partial charge < -0.3 is 14.2 Å². The van der Waals surface area contributed by atoms with Crippen molar-refractivity contribution in [1.82, 2.24) is 14.1 Å². The molecule has 3 rings (SSSR count). The minimum absolute atomic E-state index is 0.0225. The lowest BCUT2D eigenvalue weighted by Gasteiger charge is -2.34. The fraction of sp³-hybridized carbons (Fsp3) is 0.333. The minimum atomic E-state index is -3.83. The van der Waals surface area contributed by atoms with Crippen molar-refractivity contribution in [3.8, 4) is 0 Å². The first kappa shape index (κ1) is 21.6. The predicted octanol–water partition coefficient (Wildman–Crippen LogP) is 2.19. The maximum atomic E-state index is 12.9. The monoisotopic (exact) mass is 459 g/mol. The lowest BCUT2D eigenvalue weighted by molar-refractivity contribution is -0.132. The summed E-state index contributed by atoms with van der Waals surface area (Å²) in [6.45, 7) is 0.518. The molecule has 1 aliphatic rings. The molecule has 0 unspecified atom stereocenters. The predicted molar refractivity (Wildman–Crippen MR) is 107 cm³/mol. The summed E-state index contributed by atoms with van der Waals surface area (Å²) in [6.07, 6.45) is 1.38. The van der Waals surface area contributed by atoms with Gasteiger partial charge in [0, 0.05) is 33.2 Å². The first-order chi connectivity index (χ1) is 13.7. The molecule has 29 heavy (non-hydrogen) atoms. The minimum Gasteiger partial charge on any atom is -0.459 e. The number of nitrogens with zero attached hydrogens (tertiary/aromatic N) is 3. The van der Waals surface area contributed by atoms with Crippen LogP contribution in [0, 0.1) is 0 Å². The Labute approximate surface area is 178 Å². The molecule has 2 amide bonds. The number of halogens is 2. The Bertz CT molecular complexity index is 1000. The van der Waals surface area contributed by atoms with Crippen LogP contribution >= 0.6 is 23.2 Å². The molecule has 1 aromatic heterocycles. The van der Waals surface area contributed by atoms with Crippen LogP contribution in [-0.2, 0) is 14.8 Å². The molecule has 0 atom stereocenters. The van der Waals surface area contributed by atoms with Crippen LogP contribution in [0.1, 0.15) is 10.6 Å². The van der Waals surface area contributed by atoms with E-state index in [2.05, 4.69) is 0 Å². The van der Waals surface area contributed by atoms with Crippen LogP contribution < -0.4 is 0 Å². The maximum Gasteiger partial charge on any atom is 0.289 e. The highest BCUT2D eigenvalue weighted by molar-refractivity contribution is 7.89. The zero-order chi connectivity index (χ0) is 21.2. The summed E-state index contributed by atoms with van der Waals surface area (Å²) in [6, 6.07) is 7.55. The van der Waals surface area contributed by atoms with Crippen molar-refractivity contribution in [2.45, 2.75) is 4.90 Å². The average Bonchev–Trinajstić information content (AvgIpc) is 3.24. The number of hydrogen-bond donors (Lipinski definition) is 0. The Morgan fingerprint density at radius 1 is 1.10 bits per heavy atom. The van der Waals surface area contributed by atoms with Crippen molar-refractivity contribution < 1.29 is 22.4 Å². The van der Waals surface area contributed by atoms with Crippen molar-refractivity contribution >= 4 is 45.0 Å². The van der Waals surface area contributed by atoms with Crippen LogP contribution in [-0.4, -0.2) is 74.1 Å². The number of sulfonamides is 1. The molecule has 2 heterocycles. The Kier molecular flexibility index (Phi) is 6.52. The smallest absolute Gasteiger partial charge is 0.289 e. The molecule has 0 spiro atoms. The van der Waals surface area contributed by atoms with Gasteiger partial charge in [0.15, 0.2) is 5.76 Å². The molecule has 0 radical (unpaired) electrons. The van der Waals surface area contributed by atoms with E-state index in [4.69, 9.17) is 27.6 Å². The highest BCUT2D eigenvalue weighted by Crippen LogP contribution is 2.31. The van der Waals surface area contributed by atoms with Crippen LogP contribution in [0.3, 0.4) is 0 Å². The molecular formula is C18H19Cl2N3O5S. The van der Waals surface area contributed by atoms with E-state index in [0.29, 0.717) is 0 Å². The van der Waals surface area contributed by atoms with E-state index >= 15 is 0 Å². The lowest BCUT2D eigenvalue weighted by Crippen LogP contribution is -2.52. The highest BCUT2D eigenvalue weighted by Gasteiger charge is 2.32. The van der Waals surface area contributed by atoms with Gasteiger partial charge in [-0.05, 0) is 24.3 Å². The highest BCUT2D eigenvalue weighted by atomic mass is 35.5. The van der Waals surface area contributed by atoms with E-state index < -0.39 is 15.9 Å². The molecule has 0 N–H and O–H groups in total. The van der Waals surface area contributed by atoms with Crippen LogP contribution in [0.5, 0.6) is 0 Å². The van der Waals surface area contributed by atoms with E-state index in [1.807, 2.05) is 0 Å². The van der Waals surface area contributed by atoms with Gasteiger partial charge in [-0.2, -0.15) is 4.31 Å². The third-order valence-electron chi connectivity index (χ3n) is 4.58. The number of likely N-dealkylation sites (N-methyl/N-ethyl adjacent to an activating group) is 1. The number of benzene rings is 1. The van der Waals surface area contributed by atoms with Crippen LogP contribution in [0.2, 0.25) is 10.0 Å². The molecule has 156 valence electrons. The van der Waals surface area contributed by atoms with Gasteiger partial charge in [-0.1, -0.05) is 29.3 Å². The lowest BCUT2D eigenvalue weighted by atomic mass is 10.3. The Hall–Kier alpha value is -2.07. The number of carbonyl (C=O) groups excluding carboxylic acids is 2. The van der Waals surface area contributed by atoms with E-state index in [-0.39, 0.29) is 59.3 Å². The molecule has 0 saturated carbocycles. The molecular weight excluding hydrogens is 441 g/mol. The first-order valence-electron chi connectivity index (χ1n) is 8.72. The number of hydrogen-bond acceptors (Lipinski definition) is 5. The summed E-state index contributed by atoms with van der Waals surface area (Å²) in [5.41, 5.74) is 0. The fourth-order valence-electron chi connectivity index (χ4n) is 2.96. The van der Waals surface area contributed by atoms with Crippen molar-refractivity contribution in [3.05, 3.63) is 52.4 Å². The van der Waals surface area contributed by atoms with E-state index in [1.165, 1.54) is 51.7 Å². The SMILES string of the molecule is CN(CC(=O)N1CCN(S(=O)(=O)c2cccc(Cl)c2Cl)CC1)C(=O)c1ccco1. The Morgan fingerprint density at radius 3 is 2.41 bits per heavy atom. The van der Waals surface area contributed by atoms with E-state index in [9.17, 15) is 18.0 Å². The summed E-state index contributed by atoms with van der Waals surface area (Å²) >= 11 is 12.0. The second kappa shape index (κ2) is 8.74. The molecule has 11 heteroatoms. The second-order valence-corrected chi connectivity index (χ2v) is 9.17. The third-order valence-corrected chi connectivity index (χ3v) is 7.45. The standard InChI is InChI=1S/C18H19Cl2N3O5S/c1-21(18(25)14-5-3-11-28-14)12-16(24)22-7-9-23(10-8-22)29(26,27)15-6-2-4-13(19)17(15)20/h2-6,11H,7-10,12H2,1H3. The van der Waals surface area contributed by atoms with Gasteiger partial charge in [0.1, 0.15) is 4.90 Å². The topological polar surface area (TPSA) is 91.1 Å². The third kappa shape index (κ3) is 4.58. The largest absolute Gasteiger partial charge is 0.459 e. The van der Waals surface area contributed by atoms with Gasteiger partial charge in [0.25, 0.3) is 5.91 Å². The molecule has 1 fully saturated rings. The van der Waals surface area contributed by atoms with Crippen molar-refractivity contribution in [2.75, 3.05) is 39.8 Å². The number of piperazine rings is 1. The van der Waals surface area contributed by atoms with E-state index in [1.54, 1.807) is 6.07 Å². The molecule has 2 aromatic rings. The van der Waals surface area contributed by atoms with Crippen molar-refractivity contribution in [2.24, 2.45) is 0 Å². The molecule has 1 aliphatic heterocycles. The van der Waals surface area contributed by atoms with Gasteiger partial charge in [-0.3, -0.25) is 9.59 Å². The molecule has 0 aliphatic carbocycles. The van der Waals surface area contributed by atoms with Crippen molar-refractivity contribution in [3.63, 3.8) is 0 Å². The quantitative estimate of drug-likeness (QED) is 0.683. The Morgan fingerprint density at radius 2 is 1.79 bits per heavy atom. The maximum absolute atomic E-state index is 12.9. The van der Waals surface area contributed by atoms with E-state index in [0.717, 1.165) is 0 Å². The summed E-state index contributed by atoms with van der Waals surface area (Å²) in [5.74, 6) is -0.528. The number of carbonyl (C=O) groups is 2. The second-order valence-electron chi connectivity index (χ2n) is 6.48. The van der Waals surface area contributed by atoms with Gasteiger partial charge in [-0.15, -0.1) is 0 Å². The zero-order valence-corrected chi connectivity index (χ0v) is 17.9. The number of rotatable bonds is 5. The Balaban J connectivity index is 1.60. The van der Waals surface area contributed by atoms with Gasteiger partial charge in [0.2, 0.25) is 15.9 Å². The van der Waals surface area contributed by atoms with Crippen molar-refractivity contribution in [1.29, 1.82) is 0 Å². The molecule has 0 bridgehead atoms. The summed E-state index contributed by atoms with van der Waals surface area (Å²) in [7, 11) is -2.32. The van der Waals surface area contributed by atoms with Crippen LogP contribution in [0.15, 0.2) is 45.9 Å². The molecule has 1 aromatic carbocycles. The van der Waals surface area contributed by atoms with Crippen LogP contribution in [0.25, 0.3) is 0 Å². The van der Waals surface area contributed by atoms with Crippen LogP contribution in [0.4, 0.5) is 0 Å². The zero-order valence-electron chi connectivity index (χ0n) is 15.5. The summed E-state index contributed by atoms with van der Waals surface area (Å²) in [5, 5.41) is 0.136. The molecule has 8 nitrogen and oxygen atoms in total. The molecule has 1 saturated heterocycles. The summed E-state index contributed by atoms with van der Waals surface area (Å²) < 4.78 is 32.0. The number of amides is 2. The van der Waals surface area contributed by atoms with Gasteiger partial charge >= 0.3 is 0 Å². The number of furan rings is 1. The normalized spacial score (nSPS) is 15.3. The summed E-state index contributed by atoms with van der Waals surface area (Å²) in [4.78, 5) is 27.4. The van der Waals surface area contributed by atoms with Gasteiger partial charge in [-0.25, -0.2) is 8.42 Å². The fourth-order valence-corrected chi connectivity index (χ4v) is 5.12. The van der Waals surface area contributed by atoms with Gasteiger partial charge in [0.05, 0.1) is 22.9 Å². The average molecular weight is 460 g/mol.